The topological polar surface area (TPSA) is 74.3 Å². The lowest BCUT2D eigenvalue weighted by molar-refractivity contribution is 0.210. The van der Waals surface area contributed by atoms with Gasteiger partial charge in [-0.05, 0) is 15.9 Å². The average Bonchev–Trinajstić information content (AvgIpc) is 1.98. The van der Waals surface area contributed by atoms with E-state index in [0.29, 0.717) is 4.47 Å². The van der Waals surface area contributed by atoms with Gasteiger partial charge >= 0.3 is 6.09 Å². The van der Waals surface area contributed by atoms with Gasteiger partial charge in [0.15, 0.2) is 5.75 Å². The third kappa shape index (κ3) is 2.32. The quantitative estimate of drug-likeness (QED) is 0.789. The Kier molecular flexibility index (Phi) is 2.72. The Morgan fingerprint density at radius 2 is 2.31 bits per heavy atom. The molecule has 1 heterocycles. The van der Waals surface area contributed by atoms with Gasteiger partial charge in [-0.2, -0.15) is 0 Å². The molecule has 1 aromatic heterocycles. The largest absolute Gasteiger partial charge is 0.410 e. The first-order chi connectivity index (χ1) is 6.00. The zero-order chi connectivity index (χ0) is 10.0. The number of carbonyl (C=O) groups excluding carboxylic acids is 1. The predicted octanol–water partition coefficient (Wildman–Crippen LogP) is 0.605. The van der Waals surface area contributed by atoms with E-state index in [0.717, 1.165) is 0 Å². The highest BCUT2D eigenvalue weighted by Crippen LogP contribution is 2.12. The van der Waals surface area contributed by atoms with Crippen molar-refractivity contribution in [1.82, 2.24) is 4.57 Å². The third-order valence-corrected chi connectivity index (χ3v) is 1.76. The summed E-state index contributed by atoms with van der Waals surface area (Å²) in [6.07, 6.45) is 0.547. The van der Waals surface area contributed by atoms with E-state index in [-0.39, 0.29) is 5.75 Å². The van der Waals surface area contributed by atoms with Gasteiger partial charge in [-0.25, -0.2) is 4.79 Å². The zero-order valence-corrected chi connectivity index (χ0v) is 8.37. The maximum absolute atomic E-state index is 11.3. The standard InChI is InChI=1S/C7H7BrN2O3/c1-10-3-4(8)2-5(6(10)11)13-7(9)12/h2-3H,1H3,(H2,9,12). The lowest BCUT2D eigenvalue weighted by Crippen LogP contribution is -2.24. The molecular weight excluding hydrogens is 240 g/mol. The summed E-state index contributed by atoms with van der Waals surface area (Å²) < 4.78 is 6.39. The number of halogens is 1. The fourth-order valence-electron chi connectivity index (χ4n) is 0.823. The summed E-state index contributed by atoms with van der Waals surface area (Å²) in [5.41, 5.74) is 4.35. The van der Waals surface area contributed by atoms with E-state index < -0.39 is 11.7 Å². The molecule has 2 N–H and O–H groups in total. The van der Waals surface area contributed by atoms with Crippen molar-refractivity contribution < 1.29 is 9.53 Å². The molecule has 6 heteroatoms. The van der Waals surface area contributed by atoms with E-state index in [1.54, 1.807) is 13.2 Å². The van der Waals surface area contributed by atoms with Gasteiger partial charge in [0.05, 0.1) is 0 Å². The molecule has 13 heavy (non-hydrogen) atoms. The van der Waals surface area contributed by atoms with Gasteiger partial charge in [-0.3, -0.25) is 4.79 Å². The number of ether oxygens (including phenoxy) is 1. The van der Waals surface area contributed by atoms with Crippen LogP contribution in [-0.4, -0.2) is 10.7 Å². The molecule has 0 aromatic carbocycles. The Morgan fingerprint density at radius 1 is 1.69 bits per heavy atom. The first kappa shape index (κ1) is 9.79. The second-order valence-electron chi connectivity index (χ2n) is 2.36. The molecule has 0 fully saturated rings. The van der Waals surface area contributed by atoms with Crippen LogP contribution < -0.4 is 16.0 Å². The summed E-state index contributed by atoms with van der Waals surface area (Å²) in [6.45, 7) is 0. The van der Waals surface area contributed by atoms with E-state index in [9.17, 15) is 9.59 Å². The molecule has 0 aliphatic rings. The Balaban J connectivity index is 3.21. The molecule has 0 unspecified atom stereocenters. The second kappa shape index (κ2) is 3.61. The SMILES string of the molecule is Cn1cc(Br)cc(OC(N)=O)c1=O. The summed E-state index contributed by atoms with van der Waals surface area (Å²) >= 11 is 3.15. The average molecular weight is 247 g/mol. The number of hydrogen-bond donors (Lipinski definition) is 1. The van der Waals surface area contributed by atoms with Crippen LogP contribution in [0.2, 0.25) is 0 Å². The van der Waals surface area contributed by atoms with E-state index in [4.69, 9.17) is 5.73 Å². The number of pyridine rings is 1. The minimum absolute atomic E-state index is 0.0932. The summed E-state index contributed by atoms with van der Waals surface area (Å²) in [6, 6.07) is 1.38. The number of hydrogen-bond acceptors (Lipinski definition) is 3. The number of aromatic nitrogens is 1. The van der Waals surface area contributed by atoms with Crippen molar-refractivity contribution in [1.29, 1.82) is 0 Å². The van der Waals surface area contributed by atoms with Gasteiger partial charge in [0.1, 0.15) is 0 Å². The molecule has 5 nitrogen and oxygen atoms in total. The number of nitrogens with two attached hydrogens (primary N) is 1. The maximum atomic E-state index is 11.3. The van der Waals surface area contributed by atoms with Crippen LogP contribution in [0.4, 0.5) is 4.79 Å². The number of nitrogens with zero attached hydrogens (tertiary/aromatic N) is 1. The van der Waals surface area contributed by atoms with Crippen LogP contribution in [-0.2, 0) is 7.05 Å². The first-order valence-corrected chi connectivity index (χ1v) is 4.13. The molecular formula is C7H7BrN2O3. The highest BCUT2D eigenvalue weighted by molar-refractivity contribution is 9.10. The van der Waals surface area contributed by atoms with Gasteiger partial charge in [0.25, 0.3) is 5.56 Å². The molecule has 70 valence electrons. The van der Waals surface area contributed by atoms with Crippen LogP contribution in [0.5, 0.6) is 5.75 Å². The third-order valence-electron chi connectivity index (χ3n) is 1.33. The van der Waals surface area contributed by atoms with E-state index in [1.165, 1.54) is 10.6 Å². The summed E-state index contributed by atoms with van der Waals surface area (Å²) in [4.78, 5) is 21.6. The number of carbonyl (C=O) groups is 1. The molecule has 0 atom stereocenters. The maximum Gasteiger partial charge on any atom is 0.410 e. The predicted molar refractivity (Wildman–Crippen MR) is 49.6 cm³/mol. The summed E-state index contributed by atoms with van der Waals surface area (Å²) in [5.74, 6) is -0.0932. The van der Waals surface area contributed by atoms with Gasteiger partial charge in [-0.15, -0.1) is 0 Å². The molecule has 0 saturated carbocycles. The van der Waals surface area contributed by atoms with Gasteiger partial charge in [0, 0.05) is 23.8 Å². The van der Waals surface area contributed by atoms with Crippen molar-refractivity contribution in [3.8, 4) is 5.75 Å². The number of aryl methyl sites for hydroxylation is 1. The van der Waals surface area contributed by atoms with Crippen molar-refractivity contribution in [3.05, 3.63) is 27.1 Å². The fourth-order valence-corrected chi connectivity index (χ4v) is 1.34. The van der Waals surface area contributed by atoms with Crippen LogP contribution in [0.15, 0.2) is 21.5 Å². The molecule has 0 aliphatic carbocycles. The highest BCUT2D eigenvalue weighted by Gasteiger charge is 2.06. The van der Waals surface area contributed by atoms with Crippen LogP contribution in [0.1, 0.15) is 0 Å². The molecule has 0 bridgehead atoms. The van der Waals surface area contributed by atoms with Crippen molar-refractivity contribution >= 4 is 22.0 Å². The van der Waals surface area contributed by atoms with Crippen LogP contribution >= 0.6 is 15.9 Å². The minimum atomic E-state index is -1.00. The Bertz CT molecular complexity index is 399. The Labute approximate surface area is 82.2 Å². The zero-order valence-electron chi connectivity index (χ0n) is 6.78. The van der Waals surface area contributed by atoms with Gasteiger partial charge < -0.3 is 15.0 Å². The van der Waals surface area contributed by atoms with Crippen LogP contribution in [0.25, 0.3) is 0 Å². The molecule has 1 rings (SSSR count). The fraction of sp³-hybridized carbons (Fsp3) is 0.143. The number of amides is 1. The summed E-state index contributed by atoms with van der Waals surface area (Å²) in [7, 11) is 1.54. The van der Waals surface area contributed by atoms with Gasteiger partial charge in [-0.1, -0.05) is 0 Å². The van der Waals surface area contributed by atoms with Crippen molar-refractivity contribution in [3.63, 3.8) is 0 Å². The lowest BCUT2D eigenvalue weighted by Gasteiger charge is -2.03. The van der Waals surface area contributed by atoms with E-state index in [1.807, 2.05) is 0 Å². The first-order valence-electron chi connectivity index (χ1n) is 3.34. The molecule has 0 aliphatic heterocycles. The second-order valence-corrected chi connectivity index (χ2v) is 3.28. The monoisotopic (exact) mass is 246 g/mol. The van der Waals surface area contributed by atoms with Crippen molar-refractivity contribution in [2.24, 2.45) is 12.8 Å². The van der Waals surface area contributed by atoms with Crippen LogP contribution in [0.3, 0.4) is 0 Å². The lowest BCUT2D eigenvalue weighted by atomic mass is 10.4. The van der Waals surface area contributed by atoms with E-state index >= 15 is 0 Å². The van der Waals surface area contributed by atoms with Crippen molar-refractivity contribution in [2.75, 3.05) is 0 Å². The highest BCUT2D eigenvalue weighted by atomic mass is 79.9. The smallest absolute Gasteiger partial charge is 0.405 e. The molecule has 0 radical (unpaired) electrons. The van der Waals surface area contributed by atoms with Crippen LogP contribution in [0, 0.1) is 0 Å². The summed E-state index contributed by atoms with van der Waals surface area (Å²) in [5, 5.41) is 0. The van der Waals surface area contributed by atoms with Crippen molar-refractivity contribution in [2.45, 2.75) is 0 Å². The molecule has 0 saturated heterocycles. The normalized spacial score (nSPS) is 9.69. The minimum Gasteiger partial charge on any atom is -0.405 e. The number of primary amides is 1. The number of rotatable bonds is 1. The molecule has 1 aromatic rings. The van der Waals surface area contributed by atoms with Gasteiger partial charge in [0.2, 0.25) is 0 Å². The molecule has 1 amide bonds. The Morgan fingerprint density at radius 3 is 2.85 bits per heavy atom. The molecule has 0 spiro atoms. The Hall–Kier alpha value is -1.30. The van der Waals surface area contributed by atoms with E-state index in [2.05, 4.69) is 20.7 Å².